The van der Waals surface area contributed by atoms with Crippen molar-refractivity contribution in [2.45, 2.75) is 50.5 Å². The summed E-state index contributed by atoms with van der Waals surface area (Å²) >= 11 is 3.57. The number of rotatable bonds is 3. The van der Waals surface area contributed by atoms with Crippen LogP contribution in [0.1, 0.15) is 44.1 Å². The highest BCUT2D eigenvalue weighted by molar-refractivity contribution is 9.10. The summed E-state index contributed by atoms with van der Waals surface area (Å²) in [6, 6.07) is 14.0. The van der Waals surface area contributed by atoms with Gasteiger partial charge in [0.1, 0.15) is 11.2 Å². The molecule has 0 bridgehead atoms. The van der Waals surface area contributed by atoms with Crippen molar-refractivity contribution in [2.75, 3.05) is 0 Å². The highest BCUT2D eigenvalue weighted by Gasteiger charge is 2.48. The average Bonchev–Trinajstić information content (AvgIpc) is 3.07. The zero-order valence-corrected chi connectivity index (χ0v) is 17.3. The largest absolute Gasteiger partial charge is 0.481 e. The Morgan fingerprint density at radius 3 is 2.75 bits per heavy atom. The molecule has 1 aliphatic carbocycles. The van der Waals surface area contributed by atoms with E-state index in [0.717, 1.165) is 45.3 Å². The summed E-state index contributed by atoms with van der Waals surface area (Å²) < 4.78 is 3.05. The summed E-state index contributed by atoms with van der Waals surface area (Å²) in [4.78, 5) is 17.7. The Labute approximate surface area is 172 Å². The quantitative estimate of drug-likeness (QED) is 0.564. The lowest BCUT2D eigenvalue weighted by Gasteiger charge is -2.39. The van der Waals surface area contributed by atoms with E-state index in [1.165, 1.54) is 19.3 Å². The number of nitrogens with zero attached hydrogens (tertiary/aromatic N) is 2. The summed E-state index contributed by atoms with van der Waals surface area (Å²) in [5.41, 5.74) is 2.87. The fourth-order valence-corrected chi connectivity index (χ4v) is 5.59. The van der Waals surface area contributed by atoms with E-state index in [0.29, 0.717) is 18.9 Å². The Morgan fingerprint density at radius 2 is 1.96 bits per heavy atom. The van der Waals surface area contributed by atoms with Crippen molar-refractivity contribution in [2.24, 2.45) is 5.92 Å². The van der Waals surface area contributed by atoms with Gasteiger partial charge in [-0.05, 0) is 48.2 Å². The van der Waals surface area contributed by atoms with E-state index in [2.05, 4.69) is 20.5 Å². The summed E-state index contributed by atoms with van der Waals surface area (Å²) in [6.07, 6.45) is 6.66. The summed E-state index contributed by atoms with van der Waals surface area (Å²) in [5.74, 6) is 0.623. The first-order chi connectivity index (χ1) is 13.6. The Kier molecular flexibility index (Phi) is 4.31. The van der Waals surface area contributed by atoms with Gasteiger partial charge in [0.25, 0.3) is 0 Å². The first-order valence-corrected chi connectivity index (χ1v) is 10.9. The van der Waals surface area contributed by atoms with Crippen molar-refractivity contribution in [3.8, 4) is 11.4 Å². The number of aromatic nitrogens is 2. The molecule has 1 atom stereocenters. The number of benzene rings is 2. The number of fused-ring (bicyclic) bond motifs is 5. The molecule has 5 heteroatoms. The van der Waals surface area contributed by atoms with Gasteiger partial charge in [0.2, 0.25) is 0 Å². The molecule has 1 aliphatic heterocycles. The summed E-state index contributed by atoms with van der Waals surface area (Å²) in [5, 5.41) is 10.5. The predicted octanol–water partition coefficient (Wildman–Crippen LogP) is 5.77. The van der Waals surface area contributed by atoms with Crippen LogP contribution in [0.3, 0.4) is 0 Å². The van der Waals surface area contributed by atoms with Crippen LogP contribution in [0.25, 0.3) is 22.4 Å². The SMILES string of the molecule is O=C(O)C1(CC2CCCCC2)Cn2c(nc3ccccc32)-c2ccc(Br)cc21. The van der Waals surface area contributed by atoms with Crippen molar-refractivity contribution < 1.29 is 9.90 Å². The van der Waals surface area contributed by atoms with E-state index in [9.17, 15) is 9.90 Å². The Hall–Kier alpha value is -2.14. The number of hydrogen-bond donors (Lipinski definition) is 1. The highest BCUT2D eigenvalue weighted by atomic mass is 79.9. The molecular weight excluding hydrogens is 416 g/mol. The maximum absolute atomic E-state index is 12.8. The molecule has 1 aromatic heterocycles. The van der Waals surface area contributed by atoms with E-state index in [-0.39, 0.29) is 0 Å². The van der Waals surface area contributed by atoms with E-state index < -0.39 is 11.4 Å². The molecule has 0 saturated heterocycles. The average molecular weight is 439 g/mol. The molecule has 0 amide bonds. The Bertz CT molecular complexity index is 1070. The second kappa shape index (κ2) is 6.73. The standard InChI is InChI=1S/C23H23BrN2O2/c24-16-10-11-17-18(12-16)23(22(27)28,13-15-6-2-1-3-7-15)14-26-20-9-5-4-8-19(20)25-21(17)26/h4-5,8-12,15H,1-3,6-7,13-14H2,(H,27,28). The normalized spacial score (nSPS) is 22.0. The molecule has 144 valence electrons. The molecule has 2 aromatic carbocycles. The third-order valence-electron chi connectivity index (χ3n) is 6.59. The van der Waals surface area contributed by atoms with E-state index >= 15 is 0 Å². The molecule has 1 N–H and O–H groups in total. The third-order valence-corrected chi connectivity index (χ3v) is 7.09. The third kappa shape index (κ3) is 2.71. The van der Waals surface area contributed by atoms with Crippen molar-refractivity contribution >= 4 is 32.9 Å². The van der Waals surface area contributed by atoms with Gasteiger partial charge in [0.05, 0.1) is 11.0 Å². The fraction of sp³-hybridized carbons (Fsp3) is 0.391. The molecule has 0 spiro atoms. The van der Waals surface area contributed by atoms with Crippen molar-refractivity contribution in [1.29, 1.82) is 0 Å². The second-order valence-corrected chi connectivity index (χ2v) is 9.21. The lowest BCUT2D eigenvalue weighted by molar-refractivity contribution is -0.145. The van der Waals surface area contributed by atoms with Crippen LogP contribution in [0, 0.1) is 5.92 Å². The van der Waals surface area contributed by atoms with Crippen molar-refractivity contribution in [3.63, 3.8) is 0 Å². The summed E-state index contributed by atoms with van der Waals surface area (Å²) in [6.45, 7) is 0.443. The van der Waals surface area contributed by atoms with Gasteiger partial charge in [-0.1, -0.05) is 60.2 Å². The monoisotopic (exact) mass is 438 g/mol. The van der Waals surface area contributed by atoms with Gasteiger partial charge < -0.3 is 9.67 Å². The number of aliphatic carboxylic acids is 1. The maximum Gasteiger partial charge on any atom is 0.315 e. The van der Waals surface area contributed by atoms with Crippen LogP contribution >= 0.6 is 15.9 Å². The molecule has 3 aromatic rings. The predicted molar refractivity (Wildman–Crippen MR) is 113 cm³/mol. The molecule has 28 heavy (non-hydrogen) atoms. The molecule has 0 radical (unpaired) electrons. The van der Waals surface area contributed by atoms with Gasteiger partial charge in [-0.25, -0.2) is 4.98 Å². The molecular formula is C23H23BrN2O2. The number of hydrogen-bond acceptors (Lipinski definition) is 2. The number of para-hydroxylation sites is 2. The zero-order valence-electron chi connectivity index (χ0n) is 15.7. The van der Waals surface area contributed by atoms with Crippen LogP contribution in [0.5, 0.6) is 0 Å². The van der Waals surface area contributed by atoms with Gasteiger partial charge in [0.15, 0.2) is 0 Å². The number of carboxylic acids is 1. The molecule has 1 unspecified atom stereocenters. The van der Waals surface area contributed by atoms with Crippen LogP contribution in [-0.2, 0) is 16.8 Å². The van der Waals surface area contributed by atoms with Crippen molar-refractivity contribution in [1.82, 2.24) is 9.55 Å². The van der Waals surface area contributed by atoms with E-state index in [4.69, 9.17) is 4.98 Å². The van der Waals surface area contributed by atoms with E-state index in [1.807, 2.05) is 42.5 Å². The Balaban J connectivity index is 1.73. The second-order valence-electron chi connectivity index (χ2n) is 8.30. The first kappa shape index (κ1) is 17.9. The minimum atomic E-state index is -0.919. The lowest BCUT2D eigenvalue weighted by atomic mass is 9.68. The van der Waals surface area contributed by atoms with Crippen LogP contribution in [0.15, 0.2) is 46.9 Å². The molecule has 1 saturated carbocycles. The van der Waals surface area contributed by atoms with Gasteiger partial charge in [-0.15, -0.1) is 0 Å². The number of carbonyl (C=O) groups is 1. The minimum absolute atomic E-state index is 0.443. The van der Waals surface area contributed by atoms with Crippen LogP contribution < -0.4 is 0 Å². The Morgan fingerprint density at radius 1 is 1.18 bits per heavy atom. The van der Waals surface area contributed by atoms with Gasteiger partial charge >= 0.3 is 5.97 Å². The number of halogens is 1. The molecule has 2 aliphatic rings. The summed E-state index contributed by atoms with van der Waals surface area (Å²) in [7, 11) is 0. The molecule has 4 nitrogen and oxygen atoms in total. The van der Waals surface area contributed by atoms with E-state index in [1.54, 1.807) is 0 Å². The fourth-order valence-electron chi connectivity index (χ4n) is 5.23. The molecule has 5 rings (SSSR count). The smallest absolute Gasteiger partial charge is 0.315 e. The first-order valence-electron chi connectivity index (χ1n) is 10.1. The highest BCUT2D eigenvalue weighted by Crippen LogP contribution is 2.47. The topological polar surface area (TPSA) is 55.1 Å². The molecule has 1 fully saturated rings. The lowest BCUT2D eigenvalue weighted by Crippen LogP contribution is -2.44. The van der Waals surface area contributed by atoms with Crippen LogP contribution in [0.4, 0.5) is 0 Å². The number of carboxylic acid groups (broad SMARTS) is 1. The van der Waals surface area contributed by atoms with Gasteiger partial charge in [-0.3, -0.25) is 4.79 Å². The van der Waals surface area contributed by atoms with Crippen molar-refractivity contribution in [3.05, 3.63) is 52.5 Å². The van der Waals surface area contributed by atoms with Gasteiger partial charge in [-0.2, -0.15) is 0 Å². The maximum atomic E-state index is 12.8. The van der Waals surface area contributed by atoms with Crippen LogP contribution in [-0.4, -0.2) is 20.6 Å². The number of imidazole rings is 1. The molecule has 2 heterocycles. The van der Waals surface area contributed by atoms with Crippen LogP contribution in [0.2, 0.25) is 0 Å². The minimum Gasteiger partial charge on any atom is -0.481 e. The zero-order chi connectivity index (χ0) is 19.3. The van der Waals surface area contributed by atoms with Gasteiger partial charge in [0, 0.05) is 16.6 Å².